The molecule has 0 radical (unpaired) electrons. The molecule has 18 heavy (non-hydrogen) atoms. The van der Waals surface area contributed by atoms with Crippen LogP contribution in [0.1, 0.15) is 51.9 Å². The Morgan fingerprint density at radius 2 is 2.00 bits per heavy atom. The zero-order chi connectivity index (χ0) is 13.0. The highest BCUT2D eigenvalue weighted by Crippen LogP contribution is 2.26. The van der Waals surface area contributed by atoms with E-state index in [-0.39, 0.29) is 11.9 Å². The number of nitrogens with two attached hydrogens (primary N) is 1. The van der Waals surface area contributed by atoms with Gasteiger partial charge in [0.25, 0.3) is 0 Å². The van der Waals surface area contributed by atoms with E-state index in [1.54, 1.807) is 0 Å². The highest BCUT2D eigenvalue weighted by molar-refractivity contribution is 5.86. The van der Waals surface area contributed by atoms with Crippen molar-refractivity contribution in [2.75, 3.05) is 13.2 Å². The predicted octanol–water partition coefficient (Wildman–Crippen LogP) is 1.58. The largest absolute Gasteiger partial charge is 0.379 e. The van der Waals surface area contributed by atoms with Gasteiger partial charge in [-0.2, -0.15) is 0 Å². The summed E-state index contributed by atoms with van der Waals surface area (Å²) in [7, 11) is 0. The summed E-state index contributed by atoms with van der Waals surface area (Å²) in [6, 6.07) is 0.233. The fourth-order valence-electron chi connectivity index (χ4n) is 3.04. The van der Waals surface area contributed by atoms with Gasteiger partial charge in [0.05, 0.1) is 6.61 Å². The Hall–Kier alpha value is -0.610. The summed E-state index contributed by atoms with van der Waals surface area (Å²) in [5.41, 5.74) is 5.28. The minimum atomic E-state index is -0.793. The zero-order valence-electron chi connectivity index (χ0n) is 11.4. The van der Waals surface area contributed by atoms with Crippen LogP contribution in [0.25, 0.3) is 0 Å². The Morgan fingerprint density at radius 1 is 1.33 bits per heavy atom. The summed E-state index contributed by atoms with van der Waals surface area (Å²) in [5.74, 6) is 0.583. The average Bonchev–Trinajstić information content (AvgIpc) is 2.65. The molecule has 0 spiro atoms. The van der Waals surface area contributed by atoms with E-state index in [9.17, 15) is 4.79 Å². The van der Waals surface area contributed by atoms with Gasteiger partial charge in [-0.25, -0.2) is 0 Å². The summed E-state index contributed by atoms with van der Waals surface area (Å²) < 4.78 is 5.24. The van der Waals surface area contributed by atoms with Gasteiger partial charge < -0.3 is 15.8 Å². The number of carbonyl (C=O) groups excluding carboxylic acids is 1. The molecular weight excluding hydrogens is 228 g/mol. The molecule has 0 aromatic heterocycles. The van der Waals surface area contributed by atoms with Gasteiger partial charge in [0.2, 0.25) is 5.91 Å². The van der Waals surface area contributed by atoms with Crippen LogP contribution in [0.2, 0.25) is 0 Å². The average molecular weight is 254 g/mol. The monoisotopic (exact) mass is 254 g/mol. The lowest BCUT2D eigenvalue weighted by Gasteiger charge is -2.28. The predicted molar refractivity (Wildman–Crippen MR) is 71.2 cm³/mol. The second-order valence-electron chi connectivity index (χ2n) is 5.97. The maximum Gasteiger partial charge on any atom is 0.242 e. The van der Waals surface area contributed by atoms with Gasteiger partial charge in [0, 0.05) is 12.6 Å². The first-order valence-corrected chi connectivity index (χ1v) is 7.29. The number of hydrogen-bond acceptors (Lipinski definition) is 3. The maximum atomic E-state index is 12.2. The first-order valence-electron chi connectivity index (χ1n) is 7.29. The van der Waals surface area contributed by atoms with Gasteiger partial charge >= 0.3 is 0 Å². The summed E-state index contributed by atoms with van der Waals surface area (Å²) >= 11 is 0. The van der Waals surface area contributed by atoms with Crippen molar-refractivity contribution in [2.45, 2.75) is 63.5 Å². The highest BCUT2D eigenvalue weighted by atomic mass is 16.5. The van der Waals surface area contributed by atoms with Crippen LogP contribution in [0.5, 0.6) is 0 Å². The van der Waals surface area contributed by atoms with Crippen molar-refractivity contribution in [1.82, 2.24) is 5.32 Å². The van der Waals surface area contributed by atoms with E-state index in [4.69, 9.17) is 10.5 Å². The normalized spacial score (nSPS) is 31.9. The number of nitrogens with one attached hydrogen (secondary N) is 1. The molecule has 0 aromatic rings. The number of carbonyl (C=O) groups is 1. The molecule has 2 atom stereocenters. The van der Waals surface area contributed by atoms with E-state index in [1.165, 1.54) is 38.5 Å². The third kappa shape index (κ3) is 3.23. The minimum absolute atomic E-state index is 0.0308. The molecule has 1 saturated heterocycles. The van der Waals surface area contributed by atoms with Crippen LogP contribution >= 0.6 is 0 Å². The molecule has 104 valence electrons. The van der Waals surface area contributed by atoms with E-state index in [0.717, 1.165) is 0 Å². The summed E-state index contributed by atoms with van der Waals surface area (Å²) in [4.78, 5) is 12.2. The first kappa shape index (κ1) is 13.8. The fraction of sp³-hybridized carbons (Fsp3) is 0.929. The molecule has 2 aliphatic rings. The molecule has 1 amide bonds. The number of ether oxygens (including phenoxy) is 1. The summed E-state index contributed by atoms with van der Waals surface area (Å²) in [6.45, 7) is 3.07. The molecular formula is C14H26N2O2. The van der Waals surface area contributed by atoms with Crippen LogP contribution in [-0.2, 0) is 9.53 Å². The number of hydrogen-bond donors (Lipinski definition) is 2. The second kappa shape index (κ2) is 6.02. The van der Waals surface area contributed by atoms with Crippen molar-refractivity contribution in [3.8, 4) is 0 Å². The Balaban J connectivity index is 1.85. The summed E-state index contributed by atoms with van der Waals surface area (Å²) in [5, 5.41) is 3.12. The Morgan fingerprint density at radius 3 is 2.56 bits per heavy atom. The van der Waals surface area contributed by atoms with E-state index in [0.29, 0.717) is 25.6 Å². The Labute approximate surface area is 110 Å². The van der Waals surface area contributed by atoms with E-state index in [2.05, 4.69) is 12.2 Å². The molecule has 0 aromatic carbocycles. The van der Waals surface area contributed by atoms with Crippen LogP contribution in [-0.4, -0.2) is 30.7 Å². The molecule has 3 N–H and O–H groups in total. The van der Waals surface area contributed by atoms with Crippen LogP contribution < -0.4 is 11.1 Å². The zero-order valence-corrected chi connectivity index (χ0v) is 11.4. The molecule has 1 heterocycles. The lowest BCUT2D eigenvalue weighted by molar-refractivity contribution is -0.127. The third-order valence-electron chi connectivity index (χ3n) is 4.47. The van der Waals surface area contributed by atoms with Crippen LogP contribution in [0.15, 0.2) is 0 Å². The smallest absolute Gasteiger partial charge is 0.242 e. The van der Waals surface area contributed by atoms with Gasteiger partial charge in [0.15, 0.2) is 0 Å². The SMILES string of the molecule is C[C@H](NC(=O)C1(N)CCOC1)C1CCCCCC1. The molecule has 4 heteroatoms. The van der Waals surface area contributed by atoms with E-state index < -0.39 is 5.54 Å². The van der Waals surface area contributed by atoms with Crippen molar-refractivity contribution >= 4 is 5.91 Å². The molecule has 2 rings (SSSR count). The molecule has 0 bridgehead atoms. The van der Waals surface area contributed by atoms with Gasteiger partial charge in [-0.15, -0.1) is 0 Å². The molecule has 1 aliphatic heterocycles. The van der Waals surface area contributed by atoms with Gasteiger partial charge in [0.1, 0.15) is 5.54 Å². The maximum absolute atomic E-state index is 12.2. The Bertz CT molecular complexity index is 280. The fourth-order valence-corrected chi connectivity index (χ4v) is 3.04. The van der Waals surface area contributed by atoms with E-state index in [1.807, 2.05) is 0 Å². The second-order valence-corrected chi connectivity index (χ2v) is 5.97. The number of amides is 1. The van der Waals surface area contributed by atoms with Gasteiger partial charge in [-0.1, -0.05) is 25.7 Å². The van der Waals surface area contributed by atoms with Crippen molar-refractivity contribution < 1.29 is 9.53 Å². The summed E-state index contributed by atoms with van der Waals surface area (Å²) in [6.07, 6.45) is 8.36. The van der Waals surface area contributed by atoms with Crippen molar-refractivity contribution in [3.63, 3.8) is 0 Å². The molecule has 1 aliphatic carbocycles. The molecule has 2 fully saturated rings. The topological polar surface area (TPSA) is 64.4 Å². The molecule has 4 nitrogen and oxygen atoms in total. The third-order valence-corrected chi connectivity index (χ3v) is 4.47. The van der Waals surface area contributed by atoms with Crippen molar-refractivity contribution in [3.05, 3.63) is 0 Å². The molecule has 1 saturated carbocycles. The van der Waals surface area contributed by atoms with Crippen molar-refractivity contribution in [1.29, 1.82) is 0 Å². The highest BCUT2D eigenvalue weighted by Gasteiger charge is 2.39. The van der Waals surface area contributed by atoms with Crippen LogP contribution in [0.3, 0.4) is 0 Å². The van der Waals surface area contributed by atoms with Gasteiger partial charge in [-0.05, 0) is 32.1 Å². The Kier molecular flexibility index (Phi) is 4.62. The molecule has 1 unspecified atom stereocenters. The quantitative estimate of drug-likeness (QED) is 0.752. The lowest BCUT2D eigenvalue weighted by Crippen LogP contribution is -2.57. The van der Waals surface area contributed by atoms with E-state index >= 15 is 0 Å². The van der Waals surface area contributed by atoms with Crippen LogP contribution in [0, 0.1) is 5.92 Å². The lowest BCUT2D eigenvalue weighted by atomic mass is 9.91. The first-order chi connectivity index (χ1) is 8.62. The standard InChI is InChI=1S/C14H26N2O2/c1-11(12-6-4-2-3-5-7-12)16-13(17)14(15)8-9-18-10-14/h11-12H,2-10,15H2,1H3,(H,16,17)/t11-,14?/m0/s1. The van der Waals surface area contributed by atoms with Gasteiger partial charge in [-0.3, -0.25) is 4.79 Å². The number of rotatable bonds is 3. The van der Waals surface area contributed by atoms with Crippen molar-refractivity contribution in [2.24, 2.45) is 11.7 Å². The van der Waals surface area contributed by atoms with Crippen LogP contribution in [0.4, 0.5) is 0 Å². The minimum Gasteiger partial charge on any atom is -0.379 e.